The van der Waals surface area contributed by atoms with Gasteiger partial charge in [-0.25, -0.2) is 4.39 Å². The van der Waals surface area contributed by atoms with Crippen LogP contribution in [0.3, 0.4) is 0 Å². The quantitative estimate of drug-likeness (QED) is 0.725. The molecule has 1 unspecified atom stereocenters. The maximum absolute atomic E-state index is 13.1. The summed E-state index contributed by atoms with van der Waals surface area (Å²) < 4.78 is 13.1. The number of nitrogens with one attached hydrogen (secondary N) is 1. The topological polar surface area (TPSA) is 49.0 Å². The molecule has 1 aromatic heterocycles. The number of thioether (sulfide) groups is 1. The summed E-state index contributed by atoms with van der Waals surface area (Å²) in [6.45, 7) is 1.44. The van der Waals surface area contributed by atoms with E-state index in [0.717, 1.165) is 30.8 Å². The van der Waals surface area contributed by atoms with Gasteiger partial charge in [-0.2, -0.15) is 16.9 Å². The van der Waals surface area contributed by atoms with Crippen molar-refractivity contribution < 1.29 is 9.18 Å². The second-order valence-corrected chi connectivity index (χ2v) is 7.84. The van der Waals surface area contributed by atoms with Crippen molar-refractivity contribution in [3.05, 3.63) is 77.7 Å². The van der Waals surface area contributed by atoms with Gasteiger partial charge in [0.2, 0.25) is 0 Å². The zero-order chi connectivity index (χ0) is 18.6. The number of halogens is 1. The van der Waals surface area contributed by atoms with E-state index in [1.54, 1.807) is 18.2 Å². The van der Waals surface area contributed by atoms with Crippen LogP contribution in [-0.2, 0) is 0 Å². The fraction of sp³-hybridized carbons (Fsp3) is 0.238. The summed E-state index contributed by atoms with van der Waals surface area (Å²) in [5, 5.41) is 7.47. The van der Waals surface area contributed by atoms with E-state index in [9.17, 15) is 9.18 Å². The van der Waals surface area contributed by atoms with Gasteiger partial charge in [-0.1, -0.05) is 30.3 Å². The van der Waals surface area contributed by atoms with E-state index in [2.05, 4.69) is 34.5 Å². The first-order valence-electron chi connectivity index (χ1n) is 8.98. The van der Waals surface area contributed by atoms with Crippen LogP contribution in [0.1, 0.15) is 27.7 Å². The summed E-state index contributed by atoms with van der Waals surface area (Å²) in [6, 6.07) is 18.3. The number of amides is 1. The maximum atomic E-state index is 13.1. The van der Waals surface area contributed by atoms with Crippen LogP contribution in [0.4, 0.5) is 4.39 Å². The largest absolute Gasteiger partial charge is 0.336 e. The number of aromatic amines is 1. The molecule has 27 heavy (non-hydrogen) atoms. The highest BCUT2D eigenvalue weighted by Gasteiger charge is 2.24. The third kappa shape index (κ3) is 4.06. The van der Waals surface area contributed by atoms with E-state index >= 15 is 0 Å². The van der Waals surface area contributed by atoms with E-state index in [4.69, 9.17) is 0 Å². The van der Waals surface area contributed by atoms with E-state index in [1.807, 2.05) is 22.7 Å². The van der Waals surface area contributed by atoms with Gasteiger partial charge in [-0.15, -0.1) is 0 Å². The van der Waals surface area contributed by atoms with Crippen LogP contribution in [0.15, 0.2) is 60.7 Å². The Balaban J connectivity index is 1.45. The maximum Gasteiger partial charge on any atom is 0.271 e. The monoisotopic (exact) mass is 381 g/mol. The summed E-state index contributed by atoms with van der Waals surface area (Å²) in [4.78, 5) is 14.8. The number of hydrogen-bond acceptors (Lipinski definition) is 3. The van der Waals surface area contributed by atoms with Crippen LogP contribution in [-0.4, -0.2) is 39.8 Å². The highest BCUT2D eigenvalue weighted by molar-refractivity contribution is 7.99. The van der Waals surface area contributed by atoms with Crippen LogP contribution in [0.5, 0.6) is 0 Å². The van der Waals surface area contributed by atoms with Crippen molar-refractivity contribution in [2.75, 3.05) is 18.8 Å². The molecule has 2 aromatic carbocycles. The molecule has 0 radical (unpaired) electrons. The molecule has 0 spiro atoms. The van der Waals surface area contributed by atoms with Crippen molar-refractivity contribution in [1.29, 1.82) is 0 Å². The zero-order valence-corrected chi connectivity index (χ0v) is 15.6. The van der Waals surface area contributed by atoms with Gasteiger partial charge >= 0.3 is 0 Å². The molecule has 1 fully saturated rings. The average Bonchev–Trinajstić information content (AvgIpc) is 3.06. The Bertz CT molecular complexity index is 911. The Kier molecular flexibility index (Phi) is 5.25. The van der Waals surface area contributed by atoms with Gasteiger partial charge in [0.05, 0.1) is 5.69 Å². The Morgan fingerprint density at radius 1 is 1.11 bits per heavy atom. The predicted octanol–water partition coefficient (Wildman–Crippen LogP) is 4.54. The molecule has 2 heterocycles. The predicted molar refractivity (Wildman–Crippen MR) is 106 cm³/mol. The molecule has 0 bridgehead atoms. The van der Waals surface area contributed by atoms with E-state index < -0.39 is 0 Å². The van der Waals surface area contributed by atoms with E-state index in [0.29, 0.717) is 16.6 Å². The zero-order valence-electron chi connectivity index (χ0n) is 14.8. The first-order chi connectivity index (χ1) is 13.2. The van der Waals surface area contributed by atoms with Crippen molar-refractivity contribution in [3.8, 4) is 11.3 Å². The van der Waals surface area contributed by atoms with Crippen molar-refractivity contribution in [3.63, 3.8) is 0 Å². The Morgan fingerprint density at radius 3 is 2.67 bits per heavy atom. The standard InChI is InChI=1S/C21H20FN3OS/c22-17-8-6-15(7-9-17)18-14-19(24-23-18)21(26)25-11-10-20(27-13-12-25)16-4-2-1-3-5-16/h1-9,14,20H,10-13H2,(H,23,24). The lowest BCUT2D eigenvalue weighted by molar-refractivity contribution is 0.0760. The van der Waals surface area contributed by atoms with E-state index in [1.165, 1.54) is 17.7 Å². The summed E-state index contributed by atoms with van der Waals surface area (Å²) >= 11 is 1.90. The van der Waals surface area contributed by atoms with Gasteiger partial charge in [0.1, 0.15) is 11.5 Å². The average molecular weight is 381 g/mol. The molecule has 1 atom stereocenters. The number of benzene rings is 2. The van der Waals surface area contributed by atoms with Crippen molar-refractivity contribution >= 4 is 17.7 Å². The molecule has 0 aliphatic carbocycles. The van der Waals surface area contributed by atoms with Gasteiger partial charge in [0.15, 0.2) is 0 Å². The molecular weight excluding hydrogens is 361 g/mol. The van der Waals surface area contributed by atoms with Crippen LogP contribution >= 0.6 is 11.8 Å². The van der Waals surface area contributed by atoms with Crippen molar-refractivity contribution in [2.45, 2.75) is 11.7 Å². The van der Waals surface area contributed by atoms with Crippen molar-refractivity contribution in [1.82, 2.24) is 15.1 Å². The fourth-order valence-electron chi connectivity index (χ4n) is 3.28. The lowest BCUT2D eigenvalue weighted by atomic mass is 10.1. The highest BCUT2D eigenvalue weighted by Crippen LogP contribution is 2.34. The van der Waals surface area contributed by atoms with Crippen LogP contribution < -0.4 is 0 Å². The molecule has 1 N–H and O–H groups in total. The summed E-state index contributed by atoms with van der Waals surface area (Å²) in [5.74, 6) is 0.579. The molecule has 1 saturated heterocycles. The third-order valence-electron chi connectivity index (χ3n) is 4.75. The van der Waals surface area contributed by atoms with Gasteiger partial charge in [0.25, 0.3) is 5.91 Å². The molecule has 1 aliphatic rings. The Morgan fingerprint density at radius 2 is 1.89 bits per heavy atom. The molecule has 4 rings (SSSR count). The van der Waals surface area contributed by atoms with Crippen LogP contribution in [0.25, 0.3) is 11.3 Å². The number of hydrogen-bond donors (Lipinski definition) is 1. The Hall–Kier alpha value is -2.60. The summed E-state index contributed by atoms with van der Waals surface area (Å²) in [6.07, 6.45) is 0.930. The first kappa shape index (κ1) is 17.8. The second-order valence-electron chi connectivity index (χ2n) is 6.52. The SMILES string of the molecule is O=C(c1cc(-c2ccc(F)cc2)n[nH]1)N1CCSC(c2ccccc2)CC1. The number of H-pyrrole nitrogens is 1. The molecular formula is C21H20FN3OS. The molecule has 3 aromatic rings. The van der Waals surface area contributed by atoms with Gasteiger partial charge < -0.3 is 4.90 Å². The molecule has 4 nitrogen and oxygen atoms in total. The summed E-state index contributed by atoms with van der Waals surface area (Å²) in [5.41, 5.74) is 3.21. The number of rotatable bonds is 3. The van der Waals surface area contributed by atoms with E-state index in [-0.39, 0.29) is 11.7 Å². The van der Waals surface area contributed by atoms with Crippen LogP contribution in [0, 0.1) is 5.82 Å². The molecule has 6 heteroatoms. The third-order valence-corrected chi connectivity index (χ3v) is 6.08. The van der Waals surface area contributed by atoms with Gasteiger partial charge in [-0.05, 0) is 42.3 Å². The number of carbonyl (C=O) groups is 1. The number of carbonyl (C=O) groups excluding carboxylic acids is 1. The fourth-order valence-corrected chi connectivity index (χ4v) is 4.51. The molecule has 1 aliphatic heterocycles. The van der Waals surface area contributed by atoms with Gasteiger partial charge in [0, 0.05) is 29.7 Å². The lowest BCUT2D eigenvalue weighted by Crippen LogP contribution is -2.33. The minimum Gasteiger partial charge on any atom is -0.336 e. The van der Waals surface area contributed by atoms with Gasteiger partial charge in [-0.3, -0.25) is 9.89 Å². The molecule has 0 saturated carbocycles. The Labute approximate surface area is 161 Å². The molecule has 138 valence electrons. The normalized spacial score (nSPS) is 17.5. The highest BCUT2D eigenvalue weighted by atomic mass is 32.2. The first-order valence-corrected chi connectivity index (χ1v) is 10.0. The van der Waals surface area contributed by atoms with Crippen molar-refractivity contribution in [2.24, 2.45) is 0 Å². The summed E-state index contributed by atoms with van der Waals surface area (Å²) in [7, 11) is 0. The number of aromatic nitrogens is 2. The van der Waals surface area contributed by atoms with Crippen LogP contribution in [0.2, 0.25) is 0 Å². The number of nitrogens with zero attached hydrogens (tertiary/aromatic N) is 2. The minimum atomic E-state index is -0.291. The second kappa shape index (κ2) is 7.96. The lowest BCUT2D eigenvalue weighted by Gasteiger charge is -2.19. The smallest absolute Gasteiger partial charge is 0.271 e. The minimum absolute atomic E-state index is 0.0369. The molecule has 1 amide bonds.